The summed E-state index contributed by atoms with van der Waals surface area (Å²) in [4.78, 5) is 10.9. The van der Waals surface area contributed by atoms with E-state index < -0.39 is 0 Å². The molecule has 0 aliphatic heterocycles. The monoisotopic (exact) mass is 316 g/mol. The van der Waals surface area contributed by atoms with E-state index in [-0.39, 0.29) is 19.8 Å². The van der Waals surface area contributed by atoms with Crippen LogP contribution in [0.3, 0.4) is 0 Å². The molecule has 1 unspecified atom stereocenters. The van der Waals surface area contributed by atoms with E-state index in [4.69, 9.17) is 4.74 Å². The minimum Gasteiger partial charge on any atom is -0.486 e. The van der Waals surface area contributed by atoms with E-state index in [1.807, 2.05) is 26.0 Å². The molecule has 0 bridgehead atoms. The van der Waals surface area contributed by atoms with Gasteiger partial charge in [-0.1, -0.05) is 66.3 Å². The van der Waals surface area contributed by atoms with Crippen molar-refractivity contribution in [1.29, 1.82) is 0 Å². The second-order valence-corrected chi connectivity index (χ2v) is 5.79. The number of carbonyl (C=O) groups excluding carboxylic acids is 1. The predicted octanol–water partition coefficient (Wildman–Crippen LogP) is 6.23. The molecule has 0 N–H and O–H groups in total. The summed E-state index contributed by atoms with van der Waals surface area (Å²) < 4.78 is 5.44. The van der Waals surface area contributed by atoms with E-state index in [0.717, 1.165) is 11.1 Å². The summed E-state index contributed by atoms with van der Waals surface area (Å²) in [5.74, 6) is 1.96. The van der Waals surface area contributed by atoms with Crippen LogP contribution in [0.15, 0.2) is 36.4 Å². The lowest BCUT2D eigenvalue weighted by Crippen LogP contribution is -2.06. The van der Waals surface area contributed by atoms with Gasteiger partial charge >= 0.3 is 0 Å². The number of ketones is 1. The fourth-order valence-electron chi connectivity index (χ4n) is 2.19. The van der Waals surface area contributed by atoms with Crippen LogP contribution in [0.4, 0.5) is 0 Å². The minimum absolute atomic E-state index is 0. The van der Waals surface area contributed by atoms with Crippen LogP contribution < -0.4 is 4.74 Å². The van der Waals surface area contributed by atoms with Crippen molar-refractivity contribution in [1.82, 2.24) is 0 Å². The first kappa shape index (κ1) is 21.2. The Bertz CT molecular complexity index is 614. The molecule has 0 spiro atoms. The smallest absolute Gasteiger partial charge is 0.167 e. The zero-order valence-corrected chi connectivity index (χ0v) is 14.6. The lowest BCUT2D eigenvalue weighted by molar-refractivity contribution is -0.118. The average molecular weight is 316 g/mol. The average Bonchev–Trinajstić information content (AvgIpc) is 2.53. The van der Waals surface area contributed by atoms with Gasteiger partial charge in [0.1, 0.15) is 12.4 Å². The van der Waals surface area contributed by atoms with Crippen LogP contribution >= 0.6 is 0 Å². The maximum Gasteiger partial charge on any atom is 0.167 e. The van der Waals surface area contributed by atoms with Crippen LogP contribution in [-0.2, 0) is 4.79 Å². The lowest BCUT2D eigenvalue weighted by atomic mass is 9.89. The van der Waals surface area contributed by atoms with Crippen molar-refractivity contribution in [2.75, 3.05) is 6.61 Å². The third kappa shape index (κ3) is 6.05. The molecule has 0 saturated carbocycles. The zero-order valence-electron chi connectivity index (χ0n) is 14.6. The summed E-state index contributed by atoms with van der Waals surface area (Å²) >= 11 is 0. The third-order valence-electron chi connectivity index (χ3n) is 3.80. The summed E-state index contributed by atoms with van der Waals surface area (Å²) in [5.41, 5.74) is 1.37. The molecule has 0 aliphatic rings. The van der Waals surface area contributed by atoms with Crippen molar-refractivity contribution >= 4 is 16.6 Å². The fourth-order valence-corrected chi connectivity index (χ4v) is 2.19. The van der Waals surface area contributed by atoms with Gasteiger partial charge in [-0.3, -0.25) is 4.79 Å². The molecule has 0 saturated heterocycles. The van der Waals surface area contributed by atoms with Crippen LogP contribution in [0, 0.1) is 5.92 Å². The van der Waals surface area contributed by atoms with Gasteiger partial charge in [0, 0.05) is 0 Å². The molecule has 2 rings (SSSR count). The molecule has 2 aromatic rings. The van der Waals surface area contributed by atoms with Crippen molar-refractivity contribution < 1.29 is 9.53 Å². The van der Waals surface area contributed by atoms with Gasteiger partial charge in [0.2, 0.25) is 0 Å². The summed E-state index contributed by atoms with van der Waals surface area (Å²) in [6.45, 7) is 12.4. The van der Waals surface area contributed by atoms with Crippen LogP contribution in [0.1, 0.15) is 60.5 Å². The second kappa shape index (κ2) is 10.0. The van der Waals surface area contributed by atoms with Gasteiger partial charge in [-0.25, -0.2) is 0 Å². The number of hydrogen-bond donors (Lipinski definition) is 0. The van der Waals surface area contributed by atoms with Crippen molar-refractivity contribution in [3.63, 3.8) is 0 Å². The van der Waals surface area contributed by atoms with Crippen molar-refractivity contribution in [2.45, 2.75) is 54.9 Å². The van der Waals surface area contributed by atoms with E-state index >= 15 is 0 Å². The molecule has 2 aromatic carbocycles. The Labute approximate surface area is 141 Å². The summed E-state index contributed by atoms with van der Waals surface area (Å²) in [6.07, 6.45) is 0. The van der Waals surface area contributed by atoms with Crippen LogP contribution in [0.2, 0.25) is 0 Å². The van der Waals surface area contributed by atoms with Gasteiger partial charge in [-0.15, -0.1) is 0 Å². The molecular weight excluding hydrogens is 284 g/mol. The van der Waals surface area contributed by atoms with Crippen LogP contribution in [0.25, 0.3) is 10.8 Å². The van der Waals surface area contributed by atoms with Crippen LogP contribution in [-0.4, -0.2) is 12.4 Å². The van der Waals surface area contributed by atoms with Gasteiger partial charge < -0.3 is 4.74 Å². The van der Waals surface area contributed by atoms with E-state index in [1.54, 1.807) is 0 Å². The lowest BCUT2D eigenvalue weighted by Gasteiger charge is -2.16. The molecule has 0 fully saturated rings. The predicted molar refractivity (Wildman–Crippen MR) is 101 cm³/mol. The molecule has 0 heterocycles. The van der Waals surface area contributed by atoms with Gasteiger partial charge in [0.15, 0.2) is 5.78 Å². The minimum atomic E-state index is 0. The van der Waals surface area contributed by atoms with Gasteiger partial charge in [-0.05, 0) is 47.2 Å². The van der Waals surface area contributed by atoms with E-state index in [9.17, 15) is 4.79 Å². The van der Waals surface area contributed by atoms with Gasteiger partial charge in [0.05, 0.1) is 0 Å². The fraction of sp³-hybridized carbons (Fsp3) is 0.476. The number of hydrogen-bond acceptors (Lipinski definition) is 2. The molecule has 2 nitrogen and oxygen atoms in total. The molecule has 128 valence electrons. The molecule has 23 heavy (non-hydrogen) atoms. The number of Topliss-reactive ketones (excluding diaryl/α,β-unsaturated/α-hetero) is 1. The van der Waals surface area contributed by atoms with E-state index in [2.05, 4.69) is 45.0 Å². The van der Waals surface area contributed by atoms with Crippen molar-refractivity contribution in [3.8, 4) is 5.75 Å². The number of benzene rings is 2. The Morgan fingerprint density at radius 1 is 1.00 bits per heavy atom. The molecule has 0 aromatic heterocycles. The normalized spacial score (nSPS) is 11.3. The maximum atomic E-state index is 10.9. The second-order valence-electron chi connectivity index (χ2n) is 5.79. The third-order valence-corrected chi connectivity index (χ3v) is 3.80. The summed E-state index contributed by atoms with van der Waals surface area (Å²) in [7, 11) is 0. The Morgan fingerprint density at radius 3 is 2.13 bits per heavy atom. The topological polar surface area (TPSA) is 26.3 Å². The maximum absolute atomic E-state index is 10.9. The Hall–Kier alpha value is -1.83. The largest absolute Gasteiger partial charge is 0.486 e. The highest BCUT2D eigenvalue weighted by Crippen LogP contribution is 2.28. The van der Waals surface area contributed by atoms with Crippen LogP contribution in [0.5, 0.6) is 5.75 Å². The number of ether oxygens (including phenoxy) is 1. The van der Waals surface area contributed by atoms with E-state index in [0.29, 0.717) is 11.8 Å². The number of rotatable bonds is 5. The summed E-state index contributed by atoms with van der Waals surface area (Å²) in [6, 6.07) is 12.5. The number of fused-ring (bicyclic) bond motifs is 1. The Morgan fingerprint density at radius 2 is 1.57 bits per heavy atom. The highest BCUT2D eigenvalue weighted by atomic mass is 16.5. The van der Waals surface area contributed by atoms with E-state index in [1.165, 1.54) is 17.9 Å². The molecule has 0 amide bonds. The first-order valence-electron chi connectivity index (χ1n) is 8.13. The highest BCUT2D eigenvalue weighted by molar-refractivity contribution is 5.85. The quantitative estimate of drug-likeness (QED) is 0.653. The first-order chi connectivity index (χ1) is 10.5. The molecule has 2 heteroatoms. The molecular formula is C21H32O2. The Kier molecular flexibility index (Phi) is 9.24. The molecule has 0 radical (unpaired) electrons. The zero-order chi connectivity index (χ0) is 16.7. The van der Waals surface area contributed by atoms with Gasteiger partial charge in [-0.2, -0.15) is 0 Å². The first-order valence-corrected chi connectivity index (χ1v) is 8.13. The van der Waals surface area contributed by atoms with Crippen molar-refractivity contribution in [3.05, 3.63) is 42.0 Å². The number of carbonyl (C=O) groups is 1. The Balaban J connectivity index is 0.00000155. The SMILES string of the molecule is C.CC.CC(=O)COc1ccc2cc(C(C)C(C)C)ccc2c1. The highest BCUT2D eigenvalue weighted by Gasteiger charge is 2.10. The van der Waals surface area contributed by atoms with Gasteiger partial charge in [0.25, 0.3) is 0 Å². The molecule has 0 aliphatic carbocycles. The van der Waals surface area contributed by atoms with Crippen molar-refractivity contribution in [2.24, 2.45) is 5.92 Å². The molecule has 1 atom stereocenters. The summed E-state index contributed by atoms with van der Waals surface area (Å²) in [5, 5.41) is 2.36. The standard InChI is InChI=1S/C18H22O2.C2H6.CH4/c1-12(2)14(4)15-5-6-17-10-18(20-11-13(3)19)8-7-16(17)9-15;1-2;/h5-10,12,14H,11H2,1-4H3;1-2H3;1H4.